The maximum Gasteiger partial charge on any atom is 0.326 e. The van der Waals surface area contributed by atoms with Crippen LogP contribution in [0.4, 0.5) is 0 Å². The number of hydrogen-bond acceptors (Lipinski definition) is 9. The third kappa shape index (κ3) is 11.5. The van der Waals surface area contributed by atoms with Gasteiger partial charge >= 0.3 is 5.97 Å². The number of nitrogens with two attached hydrogens (primary N) is 4. The lowest BCUT2D eigenvalue weighted by molar-refractivity contribution is -0.142. The van der Waals surface area contributed by atoms with E-state index in [1.807, 2.05) is 0 Å². The number of aromatic nitrogens is 2. The number of benzene rings is 1. The second-order valence-electron chi connectivity index (χ2n) is 9.40. The maximum absolute atomic E-state index is 13.3. The molecule has 1 aromatic heterocycles. The monoisotopic (exact) mass is 588 g/mol. The Bertz CT molecular complexity index is 1250. The van der Waals surface area contributed by atoms with Gasteiger partial charge in [-0.15, -0.1) is 0 Å². The van der Waals surface area contributed by atoms with Crippen molar-refractivity contribution in [1.82, 2.24) is 25.9 Å². The van der Waals surface area contributed by atoms with Gasteiger partial charge in [0.1, 0.15) is 23.9 Å². The molecule has 0 spiro atoms. The smallest absolute Gasteiger partial charge is 0.326 e. The topological polar surface area (TPSA) is 307 Å². The summed E-state index contributed by atoms with van der Waals surface area (Å²) < 4.78 is 0. The fraction of sp³-hybridized carbons (Fsp3) is 0.400. The van der Waals surface area contributed by atoms with E-state index in [1.54, 1.807) is 12.1 Å². The largest absolute Gasteiger partial charge is 0.508 e. The number of aliphatic carboxylic acids is 1. The summed E-state index contributed by atoms with van der Waals surface area (Å²) >= 11 is 0. The number of hydrogen-bond donors (Lipinski definition) is 10. The van der Waals surface area contributed by atoms with Crippen LogP contribution in [0.25, 0.3) is 0 Å². The number of primary amides is 1. The van der Waals surface area contributed by atoms with Gasteiger partial charge in [0.25, 0.3) is 0 Å². The van der Waals surface area contributed by atoms with Crippen molar-refractivity contribution in [2.75, 3.05) is 6.54 Å². The highest BCUT2D eigenvalue weighted by molar-refractivity contribution is 5.96. The van der Waals surface area contributed by atoms with Crippen LogP contribution >= 0.6 is 0 Å². The Morgan fingerprint density at radius 2 is 1.52 bits per heavy atom. The molecule has 228 valence electrons. The van der Waals surface area contributed by atoms with E-state index >= 15 is 0 Å². The number of guanidine groups is 1. The molecule has 1 aromatic carbocycles. The summed E-state index contributed by atoms with van der Waals surface area (Å²) in [6.07, 6.45) is 2.32. The number of imidazole rings is 1. The average Bonchev–Trinajstić information content (AvgIpc) is 3.43. The van der Waals surface area contributed by atoms with Crippen LogP contribution in [0, 0.1) is 0 Å². The fourth-order valence-corrected chi connectivity index (χ4v) is 3.80. The lowest BCUT2D eigenvalue weighted by atomic mass is 10.0. The molecule has 2 rings (SSSR count). The molecule has 14 N–H and O–H groups in total. The number of H-pyrrole nitrogens is 1. The first-order valence-corrected chi connectivity index (χ1v) is 12.8. The molecule has 0 aliphatic heterocycles. The number of carbonyl (C=O) groups excluding carboxylic acids is 4. The van der Waals surface area contributed by atoms with Crippen molar-refractivity contribution in [3.8, 4) is 5.75 Å². The second kappa shape index (κ2) is 16.2. The minimum absolute atomic E-state index is 0.0447. The van der Waals surface area contributed by atoms with E-state index in [0.717, 1.165) is 0 Å². The first-order valence-electron chi connectivity index (χ1n) is 12.8. The highest BCUT2D eigenvalue weighted by Gasteiger charge is 2.31. The van der Waals surface area contributed by atoms with E-state index in [9.17, 15) is 34.2 Å². The molecule has 4 amide bonds. The number of carboxylic acid groups (broad SMARTS) is 1. The van der Waals surface area contributed by atoms with Gasteiger partial charge in [0.05, 0.1) is 18.8 Å². The highest BCUT2D eigenvalue weighted by atomic mass is 16.4. The van der Waals surface area contributed by atoms with Crippen LogP contribution in [-0.4, -0.2) is 86.5 Å². The minimum atomic E-state index is -1.55. The number of aromatic amines is 1. The Balaban J connectivity index is 2.15. The third-order valence-electron chi connectivity index (χ3n) is 5.94. The standard InChI is InChI=1S/C25H36N10O7/c26-16(8-13-3-5-15(36)6-4-13)21(38)34-18(9-14-11-30-12-32-14)22(39)35-19(10-20(27)37)23(40)33-17(24(41)42)2-1-7-31-25(28)29/h3-6,11-12,16-19,36H,1-2,7-10,26H2,(H2,27,37)(H,30,32)(H,33,40)(H,34,38)(H,35,39)(H,41,42)(H4,28,29,31). The van der Waals surface area contributed by atoms with Gasteiger partial charge in [-0.2, -0.15) is 0 Å². The van der Waals surface area contributed by atoms with E-state index in [4.69, 9.17) is 22.9 Å². The number of phenols is 1. The molecule has 0 aliphatic carbocycles. The predicted octanol–water partition coefficient (Wildman–Crippen LogP) is -3.30. The van der Waals surface area contributed by atoms with Crippen LogP contribution in [0.2, 0.25) is 0 Å². The number of phenolic OH excluding ortho intramolecular Hbond substituents is 1. The summed E-state index contributed by atoms with van der Waals surface area (Å²) in [4.78, 5) is 73.0. The van der Waals surface area contributed by atoms with Crippen LogP contribution < -0.4 is 38.9 Å². The molecule has 2 aromatic rings. The van der Waals surface area contributed by atoms with Gasteiger partial charge in [0.2, 0.25) is 23.6 Å². The molecule has 4 atom stereocenters. The summed E-state index contributed by atoms with van der Waals surface area (Å²) in [5.41, 5.74) is 22.9. The Kier molecular flexibility index (Phi) is 12.7. The summed E-state index contributed by atoms with van der Waals surface area (Å²) in [6, 6.07) is 0.784. The number of aromatic hydroxyl groups is 1. The average molecular weight is 589 g/mol. The van der Waals surface area contributed by atoms with Crippen molar-refractivity contribution in [2.45, 2.75) is 56.3 Å². The van der Waals surface area contributed by atoms with Crippen molar-refractivity contribution < 1.29 is 34.2 Å². The lowest BCUT2D eigenvalue weighted by Gasteiger charge is -2.24. The molecule has 0 saturated carbocycles. The number of carbonyl (C=O) groups is 5. The molecule has 0 saturated heterocycles. The molecule has 4 unspecified atom stereocenters. The van der Waals surface area contributed by atoms with Gasteiger partial charge in [0, 0.05) is 24.9 Å². The van der Waals surface area contributed by atoms with Crippen molar-refractivity contribution in [2.24, 2.45) is 27.9 Å². The summed E-state index contributed by atoms with van der Waals surface area (Å²) in [5.74, 6) is -4.96. The first-order chi connectivity index (χ1) is 19.8. The molecule has 42 heavy (non-hydrogen) atoms. The predicted molar refractivity (Wildman–Crippen MR) is 149 cm³/mol. The Morgan fingerprint density at radius 3 is 2.10 bits per heavy atom. The number of rotatable bonds is 17. The molecule has 17 nitrogen and oxygen atoms in total. The van der Waals surface area contributed by atoms with Gasteiger partial charge in [-0.25, -0.2) is 9.78 Å². The van der Waals surface area contributed by atoms with Gasteiger partial charge in [-0.05, 0) is 37.0 Å². The van der Waals surface area contributed by atoms with Crippen LogP contribution in [0.1, 0.15) is 30.5 Å². The first kappa shape index (κ1) is 33.0. The number of amides is 4. The molecular formula is C25H36N10O7. The maximum atomic E-state index is 13.3. The van der Waals surface area contributed by atoms with Crippen LogP contribution in [0.3, 0.4) is 0 Å². The molecule has 0 radical (unpaired) electrons. The molecule has 1 heterocycles. The highest BCUT2D eigenvalue weighted by Crippen LogP contribution is 2.11. The molecule has 0 bridgehead atoms. The molecule has 17 heteroatoms. The molecule has 0 fully saturated rings. The van der Waals surface area contributed by atoms with Crippen LogP contribution in [0.5, 0.6) is 5.75 Å². The number of carboxylic acids is 1. The molecular weight excluding hydrogens is 552 g/mol. The van der Waals surface area contributed by atoms with Crippen molar-refractivity contribution in [1.29, 1.82) is 0 Å². The summed E-state index contributed by atoms with van der Waals surface area (Å²) in [6.45, 7) is 0.118. The zero-order valence-electron chi connectivity index (χ0n) is 22.7. The van der Waals surface area contributed by atoms with Crippen molar-refractivity contribution in [3.63, 3.8) is 0 Å². The quantitative estimate of drug-likeness (QED) is 0.0495. The Labute approximate surface area is 240 Å². The molecule has 0 aliphatic rings. The van der Waals surface area contributed by atoms with E-state index < -0.39 is 60.2 Å². The Hall–Kier alpha value is -5.19. The van der Waals surface area contributed by atoms with Crippen LogP contribution in [-0.2, 0) is 36.8 Å². The van der Waals surface area contributed by atoms with Crippen molar-refractivity contribution >= 4 is 35.6 Å². The van der Waals surface area contributed by atoms with E-state index in [1.165, 1.54) is 24.7 Å². The van der Waals surface area contributed by atoms with Gasteiger partial charge in [0.15, 0.2) is 5.96 Å². The SMILES string of the molecule is NC(=O)CC(NC(=O)C(Cc1cnc[nH]1)NC(=O)C(N)Cc1ccc(O)cc1)C(=O)NC(CCCN=C(N)N)C(=O)O. The van der Waals surface area contributed by atoms with E-state index in [-0.39, 0.29) is 43.9 Å². The van der Waals surface area contributed by atoms with E-state index in [2.05, 4.69) is 30.9 Å². The number of nitrogens with one attached hydrogen (secondary N) is 4. The minimum Gasteiger partial charge on any atom is -0.508 e. The second-order valence-corrected chi connectivity index (χ2v) is 9.40. The zero-order valence-corrected chi connectivity index (χ0v) is 22.7. The zero-order chi connectivity index (χ0) is 31.2. The lowest BCUT2D eigenvalue weighted by Crippen LogP contribution is -2.58. The fourth-order valence-electron chi connectivity index (χ4n) is 3.80. The Morgan fingerprint density at radius 1 is 0.905 bits per heavy atom. The van der Waals surface area contributed by atoms with Gasteiger partial charge in [-0.1, -0.05) is 12.1 Å². The number of nitrogens with zero attached hydrogens (tertiary/aromatic N) is 2. The van der Waals surface area contributed by atoms with Gasteiger partial charge in [-0.3, -0.25) is 24.2 Å². The summed E-state index contributed by atoms with van der Waals surface area (Å²) in [5, 5.41) is 26.2. The number of aliphatic imine (C=N–C) groups is 1. The summed E-state index contributed by atoms with van der Waals surface area (Å²) in [7, 11) is 0. The normalized spacial score (nSPS) is 13.5. The van der Waals surface area contributed by atoms with Gasteiger partial charge < -0.3 is 54.1 Å². The van der Waals surface area contributed by atoms with Crippen molar-refractivity contribution in [3.05, 3.63) is 48.0 Å². The van der Waals surface area contributed by atoms with E-state index in [0.29, 0.717) is 11.3 Å². The third-order valence-corrected chi connectivity index (χ3v) is 5.94. The van der Waals surface area contributed by atoms with Crippen LogP contribution in [0.15, 0.2) is 41.8 Å².